The Kier molecular flexibility index (Phi) is 11.0. The molecule has 1 unspecified atom stereocenters. The van der Waals surface area contributed by atoms with Gasteiger partial charge in [-0.1, -0.05) is 25.8 Å². The van der Waals surface area contributed by atoms with E-state index in [4.69, 9.17) is 10.5 Å². The maximum absolute atomic E-state index is 13.1. The van der Waals surface area contributed by atoms with Gasteiger partial charge in [0.2, 0.25) is 5.91 Å². The molecule has 3 aromatic rings. The van der Waals surface area contributed by atoms with Crippen LogP contribution in [0.2, 0.25) is 0 Å². The van der Waals surface area contributed by atoms with Crippen molar-refractivity contribution < 1.29 is 14.3 Å². The third kappa shape index (κ3) is 8.24. The summed E-state index contributed by atoms with van der Waals surface area (Å²) in [6.07, 6.45) is 15.1. The second-order valence-corrected chi connectivity index (χ2v) is 12.8. The zero-order valence-corrected chi connectivity index (χ0v) is 26.3. The van der Waals surface area contributed by atoms with Crippen LogP contribution in [0.3, 0.4) is 0 Å². The van der Waals surface area contributed by atoms with E-state index in [1.165, 1.54) is 0 Å². The van der Waals surface area contributed by atoms with Gasteiger partial charge in [-0.25, -0.2) is 4.98 Å². The first-order valence-corrected chi connectivity index (χ1v) is 16.7. The van der Waals surface area contributed by atoms with Crippen LogP contribution >= 0.6 is 0 Å². The van der Waals surface area contributed by atoms with Gasteiger partial charge >= 0.3 is 0 Å². The van der Waals surface area contributed by atoms with Crippen molar-refractivity contribution in [1.29, 1.82) is 0 Å². The Hall–Kier alpha value is -3.30. The van der Waals surface area contributed by atoms with E-state index in [2.05, 4.69) is 20.9 Å². The van der Waals surface area contributed by atoms with Gasteiger partial charge in [-0.15, -0.1) is 0 Å². The highest BCUT2D eigenvalue weighted by Crippen LogP contribution is 2.59. The van der Waals surface area contributed by atoms with Gasteiger partial charge in [0, 0.05) is 68.6 Å². The van der Waals surface area contributed by atoms with E-state index in [0.717, 1.165) is 118 Å². The van der Waals surface area contributed by atoms with Crippen molar-refractivity contribution in [1.82, 2.24) is 19.4 Å². The number of piperidine rings is 1. The number of rotatable bonds is 18. The van der Waals surface area contributed by atoms with Crippen LogP contribution in [0, 0.1) is 11.3 Å². The molecule has 2 aliphatic rings. The molecule has 1 aliphatic heterocycles. The van der Waals surface area contributed by atoms with Crippen LogP contribution in [0.5, 0.6) is 0 Å². The molecule has 238 valence electrons. The van der Waals surface area contributed by atoms with Gasteiger partial charge in [-0.2, -0.15) is 0 Å². The van der Waals surface area contributed by atoms with Crippen molar-refractivity contribution >= 4 is 22.5 Å². The van der Waals surface area contributed by atoms with Crippen molar-refractivity contribution in [2.24, 2.45) is 17.1 Å². The Balaban J connectivity index is 0.996. The molecule has 1 spiro atoms. The van der Waals surface area contributed by atoms with Gasteiger partial charge < -0.3 is 24.9 Å². The number of aromatic amines is 1. The first kappa shape index (κ1) is 32.1. The molecule has 2 fully saturated rings. The third-order valence-corrected chi connectivity index (χ3v) is 9.77. The summed E-state index contributed by atoms with van der Waals surface area (Å²) in [6.45, 7) is 7.02. The summed E-state index contributed by atoms with van der Waals surface area (Å²) in [6, 6.07) is 7.96. The Morgan fingerprint density at radius 1 is 1.05 bits per heavy atom. The number of H-pyrrole nitrogens is 1. The SMILES string of the molecule is CCC(=O)CCCCCCc1ncc(-c2ccc3c(=O)n(CCCOCCCN4CCC5(CC4)CC5C(N)=O)ccc3c2)[nH]1. The number of carbonyl (C=O) groups excluding carboxylic acids is 2. The number of nitrogens with one attached hydrogen (secondary N) is 1. The number of ether oxygens (including phenoxy) is 1. The zero-order valence-electron chi connectivity index (χ0n) is 26.3. The molecule has 1 aliphatic carbocycles. The fourth-order valence-electron chi connectivity index (χ4n) is 6.77. The average Bonchev–Trinajstić information content (AvgIpc) is 3.53. The lowest BCUT2D eigenvalue weighted by Crippen LogP contribution is -2.37. The number of unbranched alkanes of at least 4 members (excludes halogenated alkanes) is 3. The number of hydrogen-bond acceptors (Lipinski definition) is 6. The minimum atomic E-state index is -0.122. The fraction of sp³-hybridized carbons (Fsp3) is 0.600. The molecule has 3 N–H and O–H groups in total. The highest BCUT2D eigenvalue weighted by Gasteiger charge is 2.57. The Bertz CT molecular complexity index is 1470. The quantitative estimate of drug-likeness (QED) is 0.192. The van der Waals surface area contributed by atoms with Crippen molar-refractivity contribution in [3.05, 3.63) is 52.8 Å². The number of primary amides is 1. The molecule has 9 nitrogen and oxygen atoms in total. The monoisotopic (exact) mass is 603 g/mol. The highest BCUT2D eigenvalue weighted by molar-refractivity contribution is 5.86. The number of nitrogens with zero attached hydrogens (tertiary/aromatic N) is 3. The van der Waals surface area contributed by atoms with Crippen molar-refractivity contribution in [2.45, 2.75) is 90.5 Å². The standard InChI is InChI=1S/C35H49N5O4/c1-2-28(41)9-5-3-4-6-10-32-37-25-31(38-32)27-11-12-29-26(23-27)13-18-40(34(29)43)17-8-22-44-21-7-16-39-19-14-35(15-20-39)24-30(35)33(36)42/h11-13,18,23,25,30H,2-10,14-17,19-22,24H2,1H3,(H2,36,42)(H,37,38). The average molecular weight is 604 g/mol. The molecule has 1 aromatic carbocycles. The molecule has 3 heterocycles. The Morgan fingerprint density at radius 2 is 1.82 bits per heavy atom. The number of benzene rings is 1. The molecule has 0 bridgehead atoms. The summed E-state index contributed by atoms with van der Waals surface area (Å²) in [5.41, 5.74) is 7.72. The van der Waals surface area contributed by atoms with Crippen molar-refractivity contribution in [3.63, 3.8) is 0 Å². The minimum Gasteiger partial charge on any atom is -0.381 e. The number of aromatic nitrogens is 3. The summed E-state index contributed by atoms with van der Waals surface area (Å²) < 4.78 is 7.65. The predicted octanol–water partition coefficient (Wildman–Crippen LogP) is 5.25. The molecule has 1 saturated heterocycles. The first-order valence-electron chi connectivity index (χ1n) is 16.7. The molecule has 1 atom stereocenters. The number of Topliss-reactive ketones (excluding diaryl/α,β-unsaturated/α-hetero) is 1. The van der Waals surface area contributed by atoms with Crippen LogP contribution in [0.4, 0.5) is 0 Å². The van der Waals surface area contributed by atoms with Crippen LogP contribution in [0.25, 0.3) is 22.0 Å². The van der Waals surface area contributed by atoms with Crippen LogP contribution < -0.4 is 11.3 Å². The number of carbonyl (C=O) groups is 2. The van der Waals surface area contributed by atoms with Crippen molar-refractivity contribution in [2.75, 3.05) is 32.8 Å². The smallest absolute Gasteiger partial charge is 0.258 e. The number of nitrogens with two attached hydrogens (primary N) is 1. The number of fused-ring (bicyclic) bond motifs is 1. The number of aryl methyl sites for hydroxylation is 2. The number of amides is 1. The fourth-order valence-corrected chi connectivity index (χ4v) is 6.77. The van der Waals surface area contributed by atoms with Gasteiger partial charge in [0.25, 0.3) is 5.56 Å². The van der Waals surface area contributed by atoms with Crippen LogP contribution in [0.15, 0.2) is 41.5 Å². The van der Waals surface area contributed by atoms with Crippen LogP contribution in [-0.2, 0) is 27.3 Å². The molecular formula is C35H49N5O4. The Labute approximate surface area is 260 Å². The van der Waals surface area contributed by atoms with Gasteiger partial charge in [-0.3, -0.25) is 14.4 Å². The number of likely N-dealkylation sites (tertiary alicyclic amines) is 1. The predicted molar refractivity (Wildman–Crippen MR) is 173 cm³/mol. The van der Waals surface area contributed by atoms with Gasteiger partial charge in [0.05, 0.1) is 11.9 Å². The third-order valence-electron chi connectivity index (χ3n) is 9.77. The Morgan fingerprint density at radius 3 is 2.57 bits per heavy atom. The number of hydrogen-bond donors (Lipinski definition) is 2. The van der Waals surface area contributed by atoms with Gasteiger partial charge in [0.15, 0.2) is 0 Å². The molecular weight excluding hydrogens is 554 g/mol. The summed E-state index contributed by atoms with van der Waals surface area (Å²) in [5, 5.41) is 1.64. The largest absolute Gasteiger partial charge is 0.381 e. The van der Waals surface area contributed by atoms with Gasteiger partial charge in [-0.05, 0) is 87.0 Å². The molecule has 1 saturated carbocycles. The molecule has 44 heavy (non-hydrogen) atoms. The lowest BCUT2D eigenvalue weighted by atomic mass is 9.90. The maximum Gasteiger partial charge on any atom is 0.258 e. The van der Waals surface area contributed by atoms with Crippen molar-refractivity contribution in [3.8, 4) is 11.3 Å². The maximum atomic E-state index is 13.1. The van der Waals surface area contributed by atoms with E-state index in [-0.39, 0.29) is 22.8 Å². The second-order valence-electron chi connectivity index (χ2n) is 12.8. The number of ketones is 1. The highest BCUT2D eigenvalue weighted by atomic mass is 16.5. The molecule has 5 rings (SSSR count). The minimum absolute atomic E-state index is 0.0251. The summed E-state index contributed by atoms with van der Waals surface area (Å²) in [7, 11) is 0. The number of pyridine rings is 1. The lowest BCUT2D eigenvalue weighted by molar-refractivity contribution is -0.120. The van der Waals surface area contributed by atoms with E-state index >= 15 is 0 Å². The van der Waals surface area contributed by atoms with E-state index in [9.17, 15) is 14.4 Å². The lowest BCUT2D eigenvalue weighted by Gasteiger charge is -2.32. The van der Waals surface area contributed by atoms with Crippen LogP contribution in [-0.4, -0.2) is 64.0 Å². The number of imidazole rings is 1. The topological polar surface area (TPSA) is 123 Å². The molecule has 9 heteroatoms. The van der Waals surface area contributed by atoms with E-state index in [1.54, 1.807) is 4.57 Å². The van der Waals surface area contributed by atoms with Gasteiger partial charge in [0.1, 0.15) is 11.6 Å². The summed E-state index contributed by atoms with van der Waals surface area (Å²) >= 11 is 0. The summed E-state index contributed by atoms with van der Waals surface area (Å²) in [5.74, 6) is 1.31. The van der Waals surface area contributed by atoms with Crippen LogP contribution in [0.1, 0.15) is 83.4 Å². The molecule has 1 amide bonds. The van der Waals surface area contributed by atoms with E-state index < -0.39 is 0 Å². The normalized spacial score (nSPS) is 17.8. The molecule has 0 radical (unpaired) electrons. The molecule has 2 aromatic heterocycles. The van der Waals surface area contributed by atoms with E-state index in [0.29, 0.717) is 31.8 Å². The zero-order chi connectivity index (χ0) is 30.9. The second kappa shape index (κ2) is 15.1. The summed E-state index contributed by atoms with van der Waals surface area (Å²) in [4.78, 5) is 46.5. The first-order chi connectivity index (χ1) is 21.4. The van der Waals surface area contributed by atoms with E-state index in [1.807, 2.05) is 37.5 Å².